The molecule has 0 spiro atoms. The van der Waals surface area contributed by atoms with Crippen LogP contribution < -0.4 is 0 Å². The molecule has 0 saturated carbocycles. The number of hydrogen-bond acceptors (Lipinski definition) is 6. The number of imide groups is 2. The van der Waals surface area contributed by atoms with Crippen LogP contribution in [-0.4, -0.2) is 69.2 Å². The van der Waals surface area contributed by atoms with E-state index in [9.17, 15) is 45.5 Å². The number of rotatable bonds is 2. The van der Waals surface area contributed by atoms with Gasteiger partial charge in [0.1, 0.15) is 40.4 Å². The van der Waals surface area contributed by atoms with E-state index in [1.165, 1.54) is 45.9 Å². The molecule has 2 aliphatic heterocycles. The molecule has 2 aromatic rings. The SMILES string of the molecule is CC(C)(C)OC(=O)N1C(=O)C(F)C[C@@H](F)[C@@]1(C)c1ccccc1F.CC(C)(C)OC(=O)N1C(=O)[C@](C)(F)C[C@H](F)[C@@]1(C)c1cccc(F)c1F. The zero-order valence-corrected chi connectivity index (χ0v) is 29.2. The maximum Gasteiger partial charge on any atom is 0.418 e. The molecule has 276 valence electrons. The van der Waals surface area contributed by atoms with Gasteiger partial charge in [-0.1, -0.05) is 30.3 Å². The molecule has 4 amide bonds. The average Bonchev–Trinajstić information content (AvgIpc) is 2.95. The molecule has 4 rings (SSSR count). The van der Waals surface area contributed by atoms with Crippen LogP contribution >= 0.6 is 0 Å². The van der Waals surface area contributed by atoms with Crippen molar-refractivity contribution in [2.75, 3.05) is 0 Å². The lowest BCUT2D eigenvalue weighted by molar-refractivity contribution is -0.163. The number of carbonyl (C=O) groups excluding carboxylic acids is 4. The number of carbonyl (C=O) groups is 4. The predicted octanol–water partition coefficient (Wildman–Crippen LogP) is 8.30. The van der Waals surface area contributed by atoms with Crippen molar-refractivity contribution in [1.82, 2.24) is 9.80 Å². The van der Waals surface area contributed by atoms with Gasteiger partial charge in [0.05, 0.1) is 0 Å². The minimum absolute atomic E-state index is 0.205. The highest BCUT2D eigenvalue weighted by Gasteiger charge is 2.61. The van der Waals surface area contributed by atoms with E-state index in [2.05, 4.69) is 0 Å². The number of piperidine rings is 2. The molecule has 6 atom stereocenters. The Labute approximate surface area is 285 Å². The summed E-state index contributed by atoms with van der Waals surface area (Å²) in [5.41, 5.74) is -9.79. The Hall–Kier alpha value is -4.17. The quantitative estimate of drug-likeness (QED) is 0.290. The standard InChI is InChI=1S/C18H21F4NO3.C17H20F3NO3/c1-16(2,3)26-15(25)23-14(24)17(4,22)9-12(20)18(23,5)10-7-6-8-11(19)13(10)21;1-16(2,3)24-15(23)21-14(22)12(19)9-13(20)17(21,4)10-7-5-6-8-11(10)18/h6-8,12H,9H2,1-5H3;5-8,12-13H,9H2,1-4H3/t12-,17+,18+;12?,13-,17-/m01/s1. The lowest BCUT2D eigenvalue weighted by atomic mass is 9.76. The molecule has 1 unspecified atom stereocenters. The first-order valence-corrected chi connectivity index (χ1v) is 15.7. The van der Waals surface area contributed by atoms with Crippen molar-refractivity contribution < 1.29 is 59.4 Å². The number of hydrogen-bond donors (Lipinski definition) is 0. The molecule has 0 radical (unpaired) electrons. The Kier molecular flexibility index (Phi) is 11.2. The summed E-state index contributed by atoms with van der Waals surface area (Å²) in [4.78, 5) is 50.4. The first-order valence-electron chi connectivity index (χ1n) is 15.7. The number of amides is 4. The summed E-state index contributed by atoms with van der Waals surface area (Å²) in [7, 11) is 0. The number of ether oxygens (including phenoxy) is 2. The van der Waals surface area contributed by atoms with Crippen molar-refractivity contribution in [3.8, 4) is 0 Å². The lowest BCUT2D eigenvalue weighted by Crippen LogP contribution is -2.66. The van der Waals surface area contributed by atoms with Gasteiger partial charge in [-0.15, -0.1) is 0 Å². The lowest BCUT2D eigenvalue weighted by Gasteiger charge is -2.48. The van der Waals surface area contributed by atoms with Gasteiger partial charge in [-0.3, -0.25) is 9.59 Å². The summed E-state index contributed by atoms with van der Waals surface area (Å²) in [6.45, 7) is 12.2. The largest absolute Gasteiger partial charge is 0.443 e. The summed E-state index contributed by atoms with van der Waals surface area (Å²) >= 11 is 0. The fraction of sp³-hybridized carbons (Fsp3) is 0.543. The second-order valence-corrected chi connectivity index (χ2v) is 14.7. The van der Waals surface area contributed by atoms with Crippen molar-refractivity contribution in [3.63, 3.8) is 0 Å². The van der Waals surface area contributed by atoms with Crippen LogP contribution in [0.5, 0.6) is 0 Å². The van der Waals surface area contributed by atoms with Gasteiger partial charge in [-0.2, -0.15) is 0 Å². The minimum atomic E-state index is -2.69. The van der Waals surface area contributed by atoms with Gasteiger partial charge in [0.15, 0.2) is 23.5 Å². The fourth-order valence-corrected chi connectivity index (χ4v) is 5.74. The van der Waals surface area contributed by atoms with Crippen LogP contribution in [-0.2, 0) is 30.1 Å². The molecule has 50 heavy (non-hydrogen) atoms. The summed E-state index contributed by atoms with van der Waals surface area (Å²) in [6.07, 6.45) is -10.5. The Bertz CT molecular complexity index is 1640. The molecule has 2 aromatic carbocycles. The normalized spacial score (nSPS) is 28.8. The topological polar surface area (TPSA) is 93.2 Å². The highest BCUT2D eigenvalue weighted by molar-refractivity contribution is 5.99. The number of likely N-dealkylation sites (tertiary alicyclic amines) is 2. The molecule has 15 heteroatoms. The van der Waals surface area contributed by atoms with E-state index in [4.69, 9.17) is 9.47 Å². The van der Waals surface area contributed by atoms with Crippen molar-refractivity contribution >= 4 is 24.0 Å². The van der Waals surface area contributed by atoms with Crippen LogP contribution in [0, 0.1) is 17.5 Å². The number of benzene rings is 2. The first-order chi connectivity index (χ1) is 22.7. The van der Waals surface area contributed by atoms with E-state index in [1.807, 2.05) is 0 Å². The molecule has 2 fully saturated rings. The van der Waals surface area contributed by atoms with E-state index in [1.54, 1.807) is 20.8 Å². The number of halogens is 7. The van der Waals surface area contributed by atoms with Crippen LogP contribution in [0.15, 0.2) is 42.5 Å². The molecular formula is C35H41F7N2O6. The second-order valence-electron chi connectivity index (χ2n) is 14.7. The number of alkyl halides is 4. The monoisotopic (exact) mass is 718 g/mol. The van der Waals surface area contributed by atoms with Crippen molar-refractivity contribution in [2.45, 2.75) is 122 Å². The molecule has 2 saturated heterocycles. The predicted molar refractivity (Wildman–Crippen MR) is 167 cm³/mol. The molecular weight excluding hydrogens is 677 g/mol. The molecule has 0 bridgehead atoms. The molecule has 2 aliphatic rings. The maximum atomic E-state index is 15.0. The van der Waals surface area contributed by atoms with Gasteiger partial charge < -0.3 is 9.47 Å². The molecule has 0 aromatic heterocycles. The first kappa shape index (κ1) is 40.3. The summed E-state index contributed by atoms with van der Waals surface area (Å²) < 4.78 is 111. The zero-order valence-electron chi connectivity index (χ0n) is 29.2. The van der Waals surface area contributed by atoms with Gasteiger partial charge in [-0.05, 0) is 74.4 Å². The third-order valence-corrected chi connectivity index (χ3v) is 8.33. The van der Waals surface area contributed by atoms with E-state index in [-0.39, 0.29) is 10.5 Å². The van der Waals surface area contributed by atoms with Gasteiger partial charge in [0.2, 0.25) is 0 Å². The van der Waals surface area contributed by atoms with Crippen LogP contribution in [0.4, 0.5) is 40.3 Å². The summed E-state index contributed by atoms with van der Waals surface area (Å²) in [5, 5.41) is 0. The average molecular weight is 719 g/mol. The summed E-state index contributed by atoms with van der Waals surface area (Å²) in [6, 6.07) is 8.20. The van der Waals surface area contributed by atoms with E-state index in [0.717, 1.165) is 38.1 Å². The molecule has 0 aliphatic carbocycles. The Balaban J connectivity index is 0.000000271. The van der Waals surface area contributed by atoms with E-state index >= 15 is 4.39 Å². The van der Waals surface area contributed by atoms with Crippen molar-refractivity contribution in [1.29, 1.82) is 0 Å². The Morgan fingerprint density at radius 2 is 1.18 bits per heavy atom. The zero-order chi connectivity index (χ0) is 38.4. The third-order valence-electron chi connectivity index (χ3n) is 8.33. The highest BCUT2D eigenvalue weighted by Crippen LogP contribution is 2.46. The van der Waals surface area contributed by atoms with Crippen LogP contribution in [0.3, 0.4) is 0 Å². The molecule has 0 N–H and O–H groups in total. The Morgan fingerprint density at radius 1 is 0.720 bits per heavy atom. The summed E-state index contributed by atoms with van der Waals surface area (Å²) in [5.74, 6) is -6.08. The highest BCUT2D eigenvalue weighted by atomic mass is 19.2. The van der Waals surface area contributed by atoms with Gasteiger partial charge in [0.25, 0.3) is 11.8 Å². The van der Waals surface area contributed by atoms with Gasteiger partial charge in [0, 0.05) is 24.0 Å². The minimum Gasteiger partial charge on any atom is -0.443 e. The number of nitrogens with zero attached hydrogens (tertiary/aromatic N) is 2. The Morgan fingerprint density at radius 3 is 1.70 bits per heavy atom. The van der Waals surface area contributed by atoms with Crippen LogP contribution in [0.25, 0.3) is 0 Å². The van der Waals surface area contributed by atoms with E-state index in [0.29, 0.717) is 4.90 Å². The van der Waals surface area contributed by atoms with Crippen LogP contribution in [0.1, 0.15) is 86.3 Å². The van der Waals surface area contributed by atoms with E-state index < -0.39 is 106 Å². The van der Waals surface area contributed by atoms with Crippen LogP contribution in [0.2, 0.25) is 0 Å². The van der Waals surface area contributed by atoms with Crippen molar-refractivity contribution in [3.05, 3.63) is 71.0 Å². The molecule has 8 nitrogen and oxygen atoms in total. The van der Waals surface area contributed by atoms with Gasteiger partial charge in [-0.25, -0.2) is 50.1 Å². The van der Waals surface area contributed by atoms with Gasteiger partial charge >= 0.3 is 12.2 Å². The second kappa shape index (κ2) is 13.9. The maximum absolute atomic E-state index is 15.0. The van der Waals surface area contributed by atoms with Crippen molar-refractivity contribution in [2.24, 2.45) is 0 Å². The third kappa shape index (κ3) is 7.75. The smallest absolute Gasteiger partial charge is 0.418 e. The molecule has 2 heterocycles. The fourth-order valence-electron chi connectivity index (χ4n) is 5.74.